The van der Waals surface area contributed by atoms with Crippen molar-refractivity contribution in [3.63, 3.8) is 0 Å². The number of aliphatic hydroxyl groups excluding tert-OH is 1. The minimum atomic E-state index is 0.0227. The number of nitrogens with zero attached hydrogens (tertiary/aromatic N) is 2. The summed E-state index contributed by atoms with van der Waals surface area (Å²) in [4.78, 5) is 18.6. The van der Waals surface area contributed by atoms with Crippen LogP contribution < -0.4 is 10.2 Å². The van der Waals surface area contributed by atoms with E-state index in [9.17, 15) is 9.90 Å². The highest BCUT2D eigenvalue weighted by atomic mass is 16.3. The third-order valence-electron chi connectivity index (χ3n) is 4.78. The van der Waals surface area contributed by atoms with Gasteiger partial charge in [-0.3, -0.25) is 9.78 Å². The first kappa shape index (κ1) is 17.4. The highest BCUT2D eigenvalue weighted by Crippen LogP contribution is 2.29. The molecule has 25 heavy (non-hydrogen) atoms. The van der Waals surface area contributed by atoms with Gasteiger partial charge in [0.15, 0.2) is 0 Å². The van der Waals surface area contributed by atoms with Crippen molar-refractivity contribution in [1.29, 1.82) is 0 Å². The van der Waals surface area contributed by atoms with E-state index in [1.54, 1.807) is 12.4 Å². The summed E-state index contributed by atoms with van der Waals surface area (Å²) in [5.41, 5.74) is 3.05. The maximum Gasteiger partial charge on any atom is 0.224 e. The fraction of sp³-hybridized carbons (Fsp3) is 0.400. The summed E-state index contributed by atoms with van der Waals surface area (Å²) in [6, 6.07) is 11.8. The second-order valence-electron chi connectivity index (χ2n) is 6.53. The summed E-state index contributed by atoms with van der Waals surface area (Å²) in [5.74, 6) is 0.424. The van der Waals surface area contributed by atoms with Gasteiger partial charge in [-0.1, -0.05) is 12.1 Å². The van der Waals surface area contributed by atoms with Gasteiger partial charge >= 0.3 is 0 Å². The number of hydrogen-bond acceptors (Lipinski definition) is 4. The molecule has 2 heterocycles. The van der Waals surface area contributed by atoms with E-state index < -0.39 is 0 Å². The van der Waals surface area contributed by atoms with E-state index in [1.807, 2.05) is 30.3 Å². The zero-order chi connectivity index (χ0) is 17.5. The minimum absolute atomic E-state index is 0.0227. The number of carbonyl (C=O) groups is 1. The van der Waals surface area contributed by atoms with E-state index in [-0.39, 0.29) is 12.5 Å². The summed E-state index contributed by atoms with van der Waals surface area (Å²) >= 11 is 0. The Balaban J connectivity index is 1.60. The second-order valence-corrected chi connectivity index (χ2v) is 6.53. The SMILES string of the molecule is O=C(CCc1ccncc1)Nc1ccccc1N1CCC(CO)CC1. The lowest BCUT2D eigenvalue weighted by molar-refractivity contribution is -0.116. The van der Waals surface area contributed by atoms with E-state index in [1.165, 1.54) is 0 Å². The molecule has 0 aliphatic carbocycles. The number of anilines is 2. The Morgan fingerprint density at radius 3 is 2.60 bits per heavy atom. The zero-order valence-corrected chi connectivity index (χ0v) is 14.4. The monoisotopic (exact) mass is 339 g/mol. The first-order chi connectivity index (χ1) is 12.3. The zero-order valence-electron chi connectivity index (χ0n) is 14.4. The Kier molecular flexibility index (Phi) is 6.01. The number of aryl methyl sites for hydroxylation is 1. The molecule has 2 N–H and O–H groups in total. The van der Waals surface area contributed by atoms with Gasteiger partial charge in [0.25, 0.3) is 0 Å². The molecule has 0 atom stereocenters. The number of benzene rings is 1. The standard InChI is InChI=1S/C20H25N3O2/c24-15-17-9-13-23(14-10-17)19-4-2-1-3-18(19)22-20(25)6-5-16-7-11-21-12-8-16/h1-4,7-8,11-12,17,24H,5-6,9-10,13-15H2,(H,22,25). The van der Waals surface area contributed by atoms with Crippen molar-refractivity contribution in [3.05, 3.63) is 54.4 Å². The first-order valence-corrected chi connectivity index (χ1v) is 8.90. The van der Waals surface area contributed by atoms with Crippen LogP contribution in [0.15, 0.2) is 48.8 Å². The molecule has 1 aromatic carbocycles. The Hall–Kier alpha value is -2.40. The molecule has 0 saturated carbocycles. The van der Waals surface area contributed by atoms with Crippen LogP contribution >= 0.6 is 0 Å². The van der Waals surface area contributed by atoms with Crippen LogP contribution in [0.1, 0.15) is 24.8 Å². The van der Waals surface area contributed by atoms with E-state index >= 15 is 0 Å². The summed E-state index contributed by atoms with van der Waals surface area (Å²) in [5, 5.41) is 12.4. The third kappa shape index (κ3) is 4.79. The van der Waals surface area contributed by atoms with Crippen molar-refractivity contribution >= 4 is 17.3 Å². The number of aromatic nitrogens is 1. The molecule has 0 unspecified atom stereocenters. The van der Waals surface area contributed by atoms with E-state index in [0.717, 1.165) is 42.9 Å². The predicted octanol–water partition coefficient (Wildman–Crippen LogP) is 2.86. The van der Waals surface area contributed by atoms with Gasteiger partial charge in [0, 0.05) is 38.5 Å². The molecular formula is C20H25N3O2. The normalized spacial score (nSPS) is 15.2. The molecular weight excluding hydrogens is 314 g/mol. The van der Waals surface area contributed by atoms with Crippen LogP contribution in [0.3, 0.4) is 0 Å². The van der Waals surface area contributed by atoms with Crippen molar-refractivity contribution < 1.29 is 9.90 Å². The quantitative estimate of drug-likeness (QED) is 0.849. The largest absolute Gasteiger partial charge is 0.396 e. The molecule has 3 rings (SSSR count). The van der Waals surface area contributed by atoms with Gasteiger partial charge in [-0.05, 0) is 55.0 Å². The Labute approximate surface area is 148 Å². The van der Waals surface area contributed by atoms with Gasteiger partial charge in [-0.2, -0.15) is 0 Å². The molecule has 5 heteroatoms. The molecule has 132 valence electrons. The Morgan fingerprint density at radius 1 is 1.16 bits per heavy atom. The summed E-state index contributed by atoms with van der Waals surface area (Å²) < 4.78 is 0. The van der Waals surface area contributed by atoms with Crippen LogP contribution in [0, 0.1) is 5.92 Å². The van der Waals surface area contributed by atoms with Gasteiger partial charge in [0.2, 0.25) is 5.91 Å². The maximum atomic E-state index is 12.3. The van der Waals surface area contributed by atoms with Crippen molar-refractivity contribution in [2.24, 2.45) is 5.92 Å². The molecule has 1 saturated heterocycles. The number of para-hydroxylation sites is 2. The van der Waals surface area contributed by atoms with Crippen LogP contribution in [0.4, 0.5) is 11.4 Å². The molecule has 1 fully saturated rings. The van der Waals surface area contributed by atoms with Crippen LogP contribution in [-0.2, 0) is 11.2 Å². The van der Waals surface area contributed by atoms with Gasteiger partial charge in [0.1, 0.15) is 0 Å². The first-order valence-electron chi connectivity index (χ1n) is 8.90. The lowest BCUT2D eigenvalue weighted by atomic mass is 9.97. The number of pyridine rings is 1. The van der Waals surface area contributed by atoms with Gasteiger partial charge in [-0.15, -0.1) is 0 Å². The van der Waals surface area contributed by atoms with Crippen molar-refractivity contribution in [3.8, 4) is 0 Å². The average Bonchev–Trinajstić information content (AvgIpc) is 2.68. The topological polar surface area (TPSA) is 65.5 Å². The van der Waals surface area contributed by atoms with Gasteiger partial charge in [0.05, 0.1) is 11.4 Å². The molecule has 1 amide bonds. The number of piperidine rings is 1. The van der Waals surface area contributed by atoms with Crippen molar-refractivity contribution in [2.75, 3.05) is 29.9 Å². The molecule has 2 aromatic rings. The van der Waals surface area contributed by atoms with Gasteiger partial charge in [-0.25, -0.2) is 0 Å². The van der Waals surface area contributed by atoms with Crippen molar-refractivity contribution in [1.82, 2.24) is 4.98 Å². The van der Waals surface area contributed by atoms with Crippen LogP contribution in [-0.4, -0.2) is 35.7 Å². The molecule has 1 aromatic heterocycles. The number of carbonyl (C=O) groups excluding carboxylic acids is 1. The highest BCUT2D eigenvalue weighted by molar-refractivity contribution is 5.94. The van der Waals surface area contributed by atoms with E-state index in [4.69, 9.17) is 0 Å². The number of hydrogen-bond donors (Lipinski definition) is 2. The van der Waals surface area contributed by atoms with Crippen molar-refractivity contribution in [2.45, 2.75) is 25.7 Å². The van der Waals surface area contributed by atoms with Crippen LogP contribution in [0.2, 0.25) is 0 Å². The van der Waals surface area contributed by atoms with Crippen LogP contribution in [0.5, 0.6) is 0 Å². The molecule has 0 bridgehead atoms. The number of aliphatic hydroxyl groups is 1. The van der Waals surface area contributed by atoms with Gasteiger partial charge < -0.3 is 15.3 Å². The van der Waals surface area contributed by atoms with E-state index in [2.05, 4.69) is 21.3 Å². The number of rotatable bonds is 6. The summed E-state index contributed by atoms with van der Waals surface area (Å²) in [7, 11) is 0. The van der Waals surface area contributed by atoms with E-state index in [0.29, 0.717) is 18.8 Å². The average molecular weight is 339 g/mol. The highest BCUT2D eigenvalue weighted by Gasteiger charge is 2.20. The molecule has 0 spiro atoms. The molecule has 0 radical (unpaired) electrons. The number of nitrogens with one attached hydrogen (secondary N) is 1. The predicted molar refractivity (Wildman–Crippen MR) is 99.7 cm³/mol. The third-order valence-corrected chi connectivity index (χ3v) is 4.78. The molecule has 1 aliphatic rings. The Bertz CT molecular complexity index is 682. The summed E-state index contributed by atoms with van der Waals surface area (Å²) in [6.45, 7) is 2.09. The van der Waals surface area contributed by atoms with Crippen LogP contribution in [0.25, 0.3) is 0 Å². The molecule has 1 aliphatic heterocycles. The fourth-order valence-corrected chi connectivity index (χ4v) is 3.23. The fourth-order valence-electron chi connectivity index (χ4n) is 3.23. The number of amides is 1. The lowest BCUT2D eigenvalue weighted by Crippen LogP contribution is -2.35. The molecule has 5 nitrogen and oxygen atoms in total. The second kappa shape index (κ2) is 8.62. The smallest absolute Gasteiger partial charge is 0.224 e. The lowest BCUT2D eigenvalue weighted by Gasteiger charge is -2.34. The maximum absolute atomic E-state index is 12.3. The minimum Gasteiger partial charge on any atom is -0.396 e. The Morgan fingerprint density at radius 2 is 1.88 bits per heavy atom. The summed E-state index contributed by atoms with van der Waals surface area (Å²) in [6.07, 6.45) is 6.63.